The SMILES string of the molecule is CCOc1ccccc1OCC(=O)NCc1ccc(S(=O)(=O)N(CC)CC)cc1. The number of carbonyl (C=O) groups is 1. The molecular formula is C21H28N2O5S. The molecule has 1 N–H and O–H groups in total. The van der Waals surface area contributed by atoms with Crippen LogP contribution in [-0.2, 0) is 21.4 Å². The number of rotatable bonds is 11. The lowest BCUT2D eigenvalue weighted by molar-refractivity contribution is -0.123. The summed E-state index contributed by atoms with van der Waals surface area (Å²) in [5, 5.41) is 2.76. The van der Waals surface area contributed by atoms with Crippen LogP contribution in [0.5, 0.6) is 11.5 Å². The van der Waals surface area contributed by atoms with E-state index < -0.39 is 10.0 Å². The highest BCUT2D eigenvalue weighted by Crippen LogP contribution is 2.26. The van der Waals surface area contributed by atoms with Gasteiger partial charge in [0.15, 0.2) is 18.1 Å². The van der Waals surface area contributed by atoms with Gasteiger partial charge in [-0.05, 0) is 36.8 Å². The van der Waals surface area contributed by atoms with Gasteiger partial charge < -0.3 is 14.8 Å². The van der Waals surface area contributed by atoms with Gasteiger partial charge in [0.05, 0.1) is 11.5 Å². The van der Waals surface area contributed by atoms with Crippen LogP contribution in [0, 0.1) is 0 Å². The lowest BCUT2D eigenvalue weighted by Crippen LogP contribution is -2.30. The predicted molar refractivity (Wildman–Crippen MR) is 112 cm³/mol. The molecule has 158 valence electrons. The number of hydrogen-bond donors (Lipinski definition) is 1. The minimum atomic E-state index is -3.48. The lowest BCUT2D eigenvalue weighted by Gasteiger charge is -2.18. The molecule has 0 saturated carbocycles. The smallest absolute Gasteiger partial charge is 0.258 e. The molecule has 0 aromatic heterocycles. The number of benzene rings is 2. The quantitative estimate of drug-likeness (QED) is 0.604. The largest absolute Gasteiger partial charge is 0.490 e. The summed E-state index contributed by atoms with van der Waals surface area (Å²) in [4.78, 5) is 12.3. The minimum absolute atomic E-state index is 0.140. The van der Waals surface area contributed by atoms with Gasteiger partial charge in [-0.3, -0.25) is 4.79 Å². The lowest BCUT2D eigenvalue weighted by atomic mass is 10.2. The number of nitrogens with zero attached hydrogens (tertiary/aromatic N) is 1. The molecule has 0 aliphatic carbocycles. The third-order valence-electron chi connectivity index (χ3n) is 4.26. The maximum Gasteiger partial charge on any atom is 0.258 e. The summed E-state index contributed by atoms with van der Waals surface area (Å²) in [5.74, 6) is 0.819. The Morgan fingerprint density at radius 2 is 1.52 bits per heavy atom. The van der Waals surface area contributed by atoms with Crippen molar-refractivity contribution < 1.29 is 22.7 Å². The molecule has 0 spiro atoms. The topological polar surface area (TPSA) is 84.9 Å². The van der Waals surface area contributed by atoms with Gasteiger partial charge in [0.1, 0.15) is 0 Å². The number of nitrogens with one attached hydrogen (secondary N) is 1. The van der Waals surface area contributed by atoms with Crippen LogP contribution >= 0.6 is 0 Å². The van der Waals surface area contributed by atoms with E-state index in [9.17, 15) is 13.2 Å². The molecule has 0 bridgehead atoms. The fourth-order valence-electron chi connectivity index (χ4n) is 2.73. The molecule has 7 nitrogen and oxygen atoms in total. The summed E-state index contributed by atoms with van der Waals surface area (Å²) < 4.78 is 37.4. The molecule has 0 saturated heterocycles. The Bertz CT molecular complexity index is 894. The average molecular weight is 421 g/mol. The van der Waals surface area contributed by atoms with E-state index in [2.05, 4.69) is 5.32 Å². The van der Waals surface area contributed by atoms with E-state index >= 15 is 0 Å². The Morgan fingerprint density at radius 1 is 0.931 bits per heavy atom. The second-order valence-electron chi connectivity index (χ2n) is 6.18. The summed E-state index contributed by atoms with van der Waals surface area (Å²) in [6, 6.07) is 13.7. The summed E-state index contributed by atoms with van der Waals surface area (Å²) in [7, 11) is -3.48. The van der Waals surface area contributed by atoms with Crippen LogP contribution in [0.3, 0.4) is 0 Å². The van der Waals surface area contributed by atoms with Crippen molar-refractivity contribution >= 4 is 15.9 Å². The molecule has 29 heavy (non-hydrogen) atoms. The van der Waals surface area contributed by atoms with Crippen molar-refractivity contribution in [2.45, 2.75) is 32.2 Å². The third kappa shape index (κ3) is 6.20. The Balaban J connectivity index is 1.89. The molecular weight excluding hydrogens is 392 g/mol. The third-order valence-corrected chi connectivity index (χ3v) is 6.33. The molecule has 0 aliphatic heterocycles. The minimum Gasteiger partial charge on any atom is -0.490 e. The molecule has 2 aromatic rings. The van der Waals surface area contributed by atoms with Gasteiger partial charge in [-0.25, -0.2) is 8.42 Å². The maximum absolute atomic E-state index is 12.5. The van der Waals surface area contributed by atoms with E-state index in [0.717, 1.165) is 5.56 Å². The van der Waals surface area contributed by atoms with Crippen molar-refractivity contribution in [1.29, 1.82) is 0 Å². The van der Waals surface area contributed by atoms with Crippen LogP contribution in [0.1, 0.15) is 26.3 Å². The Hall–Kier alpha value is -2.58. The summed E-state index contributed by atoms with van der Waals surface area (Å²) in [6.45, 7) is 6.97. The van der Waals surface area contributed by atoms with E-state index in [0.29, 0.717) is 31.2 Å². The molecule has 0 aliphatic rings. The molecule has 0 unspecified atom stereocenters. The van der Waals surface area contributed by atoms with E-state index in [1.54, 1.807) is 50.2 Å². The van der Waals surface area contributed by atoms with Gasteiger partial charge in [0.2, 0.25) is 10.0 Å². The molecule has 2 aromatic carbocycles. The van der Waals surface area contributed by atoms with E-state index in [4.69, 9.17) is 9.47 Å². The Kier molecular flexibility index (Phi) is 8.48. The van der Waals surface area contributed by atoms with Gasteiger partial charge in [-0.1, -0.05) is 38.1 Å². The van der Waals surface area contributed by atoms with E-state index in [1.807, 2.05) is 19.1 Å². The first-order chi connectivity index (χ1) is 13.9. The molecule has 2 rings (SSSR count). The summed E-state index contributed by atoms with van der Waals surface area (Å²) >= 11 is 0. The maximum atomic E-state index is 12.5. The van der Waals surface area contributed by atoms with Gasteiger partial charge in [0.25, 0.3) is 5.91 Å². The van der Waals surface area contributed by atoms with Crippen LogP contribution in [0.25, 0.3) is 0 Å². The predicted octanol–water partition coefficient (Wildman–Crippen LogP) is 2.81. The Morgan fingerprint density at radius 3 is 2.07 bits per heavy atom. The van der Waals surface area contributed by atoms with Gasteiger partial charge in [-0.15, -0.1) is 0 Å². The fourth-order valence-corrected chi connectivity index (χ4v) is 4.19. The highest BCUT2D eigenvalue weighted by Gasteiger charge is 2.21. The van der Waals surface area contributed by atoms with Crippen molar-refractivity contribution in [3.8, 4) is 11.5 Å². The number of amides is 1. The van der Waals surface area contributed by atoms with E-state index in [1.165, 1.54) is 4.31 Å². The average Bonchev–Trinajstić information content (AvgIpc) is 2.73. The first-order valence-electron chi connectivity index (χ1n) is 9.62. The monoisotopic (exact) mass is 420 g/mol. The first kappa shape index (κ1) is 22.7. The van der Waals surface area contributed by atoms with Crippen molar-refractivity contribution in [2.24, 2.45) is 0 Å². The summed E-state index contributed by atoms with van der Waals surface area (Å²) in [5.41, 5.74) is 0.798. The van der Waals surface area contributed by atoms with Crippen LogP contribution in [0.2, 0.25) is 0 Å². The van der Waals surface area contributed by atoms with Gasteiger partial charge in [-0.2, -0.15) is 4.31 Å². The number of sulfonamides is 1. The zero-order valence-electron chi connectivity index (χ0n) is 17.1. The number of carbonyl (C=O) groups excluding carboxylic acids is 1. The second-order valence-corrected chi connectivity index (χ2v) is 8.12. The molecule has 0 atom stereocenters. The molecule has 0 radical (unpaired) electrons. The van der Waals surface area contributed by atoms with Crippen LogP contribution in [0.4, 0.5) is 0 Å². The van der Waals surface area contributed by atoms with Gasteiger partial charge >= 0.3 is 0 Å². The van der Waals surface area contributed by atoms with Crippen molar-refractivity contribution in [1.82, 2.24) is 9.62 Å². The standard InChI is InChI=1S/C21H28N2O5S/c1-4-23(5-2)29(25,26)18-13-11-17(12-14-18)15-22-21(24)16-28-20-10-8-7-9-19(20)27-6-3/h7-14H,4-6,15-16H2,1-3H3,(H,22,24). The Labute approximate surface area is 172 Å². The highest BCUT2D eigenvalue weighted by molar-refractivity contribution is 7.89. The number of hydrogen-bond acceptors (Lipinski definition) is 5. The highest BCUT2D eigenvalue weighted by atomic mass is 32.2. The van der Waals surface area contributed by atoms with Crippen LogP contribution < -0.4 is 14.8 Å². The van der Waals surface area contributed by atoms with Crippen molar-refractivity contribution in [2.75, 3.05) is 26.3 Å². The number of ether oxygens (including phenoxy) is 2. The normalized spacial score (nSPS) is 11.3. The molecule has 0 heterocycles. The van der Waals surface area contributed by atoms with Crippen LogP contribution in [0.15, 0.2) is 53.4 Å². The zero-order valence-corrected chi connectivity index (χ0v) is 17.9. The van der Waals surface area contributed by atoms with Crippen LogP contribution in [-0.4, -0.2) is 44.9 Å². The van der Waals surface area contributed by atoms with E-state index in [-0.39, 0.29) is 24.0 Å². The molecule has 0 fully saturated rings. The molecule has 1 amide bonds. The zero-order chi connectivity index (χ0) is 21.3. The molecule has 8 heteroatoms. The second kappa shape index (κ2) is 10.8. The fraction of sp³-hybridized carbons (Fsp3) is 0.381. The van der Waals surface area contributed by atoms with Crippen molar-refractivity contribution in [3.05, 3.63) is 54.1 Å². The summed E-state index contributed by atoms with van der Waals surface area (Å²) in [6.07, 6.45) is 0. The first-order valence-corrected chi connectivity index (χ1v) is 11.1. The van der Waals surface area contributed by atoms with Gasteiger partial charge in [0, 0.05) is 19.6 Å². The number of para-hydroxylation sites is 2. The van der Waals surface area contributed by atoms with Crippen molar-refractivity contribution in [3.63, 3.8) is 0 Å².